The van der Waals surface area contributed by atoms with Gasteiger partial charge in [-0.25, -0.2) is 20.9 Å². The van der Waals surface area contributed by atoms with E-state index in [1.165, 1.54) is 0 Å². The summed E-state index contributed by atoms with van der Waals surface area (Å²) in [5.41, 5.74) is 10.1. The SMILES string of the molecule is S=C1N(c2ccccc2)NC(c2ccccc2)NN1c1ccccc1. The lowest BCUT2D eigenvalue weighted by Gasteiger charge is -2.43. The fourth-order valence-corrected chi connectivity index (χ4v) is 3.13. The lowest BCUT2D eigenvalue weighted by molar-refractivity contribution is 0.429. The second kappa shape index (κ2) is 7.03. The Morgan fingerprint density at radius 2 is 1.00 bits per heavy atom. The molecule has 1 saturated heterocycles. The van der Waals surface area contributed by atoms with E-state index in [0.29, 0.717) is 5.11 Å². The van der Waals surface area contributed by atoms with Gasteiger partial charge < -0.3 is 0 Å². The number of hydrogen-bond donors (Lipinski definition) is 2. The summed E-state index contributed by atoms with van der Waals surface area (Å²) in [6, 6.07) is 30.4. The summed E-state index contributed by atoms with van der Waals surface area (Å²) in [6.45, 7) is 0. The maximum Gasteiger partial charge on any atom is 0.210 e. The van der Waals surface area contributed by atoms with Gasteiger partial charge in [-0.3, -0.25) is 0 Å². The Balaban J connectivity index is 1.73. The lowest BCUT2D eigenvalue weighted by atomic mass is 10.2. The number of nitrogens with zero attached hydrogens (tertiary/aromatic N) is 2. The average molecular weight is 346 g/mol. The van der Waals surface area contributed by atoms with Gasteiger partial charge in [-0.1, -0.05) is 66.7 Å². The molecule has 0 saturated carbocycles. The second-order valence-electron chi connectivity index (χ2n) is 5.73. The van der Waals surface area contributed by atoms with E-state index in [1.54, 1.807) is 0 Å². The third kappa shape index (κ3) is 3.25. The van der Waals surface area contributed by atoms with Gasteiger partial charge in [-0.2, -0.15) is 0 Å². The van der Waals surface area contributed by atoms with Crippen LogP contribution in [0.5, 0.6) is 0 Å². The summed E-state index contributed by atoms with van der Waals surface area (Å²) >= 11 is 5.74. The fourth-order valence-electron chi connectivity index (χ4n) is 2.82. The molecule has 0 bridgehead atoms. The Labute approximate surface area is 152 Å². The van der Waals surface area contributed by atoms with E-state index < -0.39 is 0 Å². The molecule has 0 atom stereocenters. The molecule has 3 aromatic rings. The number of thiocarbonyl (C=S) groups is 1. The topological polar surface area (TPSA) is 30.5 Å². The number of hydrogen-bond acceptors (Lipinski definition) is 3. The predicted octanol–water partition coefficient (Wildman–Crippen LogP) is 4.01. The standard InChI is InChI=1S/C20H18N4S/c25-20-23(17-12-6-2-7-13-17)21-19(16-10-4-1-5-11-16)22-24(20)18-14-8-3-9-15-18/h1-15,19,21-22H. The minimum Gasteiger partial charge on any atom is -0.249 e. The molecule has 25 heavy (non-hydrogen) atoms. The van der Waals surface area contributed by atoms with Crippen molar-refractivity contribution in [3.63, 3.8) is 0 Å². The average Bonchev–Trinajstić information content (AvgIpc) is 2.70. The van der Waals surface area contributed by atoms with E-state index in [0.717, 1.165) is 16.9 Å². The van der Waals surface area contributed by atoms with Gasteiger partial charge in [0, 0.05) is 0 Å². The molecule has 1 fully saturated rings. The third-order valence-corrected chi connectivity index (χ3v) is 4.43. The molecule has 0 amide bonds. The van der Waals surface area contributed by atoms with Crippen LogP contribution in [0.15, 0.2) is 91.0 Å². The van der Waals surface area contributed by atoms with Crippen LogP contribution in [0.2, 0.25) is 0 Å². The molecule has 0 spiro atoms. The first kappa shape index (κ1) is 15.8. The summed E-state index contributed by atoms with van der Waals surface area (Å²) in [6.07, 6.45) is -0.103. The molecule has 0 radical (unpaired) electrons. The Bertz CT molecular complexity index is 788. The van der Waals surface area contributed by atoms with Crippen molar-refractivity contribution in [2.24, 2.45) is 0 Å². The number of anilines is 2. The Hall–Kier alpha value is -2.73. The number of hydrazine groups is 2. The zero-order valence-corrected chi connectivity index (χ0v) is 14.4. The molecule has 1 aliphatic rings. The van der Waals surface area contributed by atoms with Crippen LogP contribution in [0, 0.1) is 0 Å². The van der Waals surface area contributed by atoms with Crippen LogP contribution in [0.25, 0.3) is 0 Å². The third-order valence-electron chi connectivity index (χ3n) is 4.06. The molecule has 1 heterocycles. The number of nitrogens with one attached hydrogen (secondary N) is 2. The van der Waals surface area contributed by atoms with Gasteiger partial charge in [0.2, 0.25) is 5.11 Å². The van der Waals surface area contributed by atoms with Crippen molar-refractivity contribution < 1.29 is 0 Å². The zero-order valence-electron chi connectivity index (χ0n) is 13.5. The van der Waals surface area contributed by atoms with Crippen molar-refractivity contribution in [2.75, 3.05) is 10.0 Å². The van der Waals surface area contributed by atoms with Gasteiger partial charge >= 0.3 is 0 Å². The minimum atomic E-state index is -0.103. The summed E-state index contributed by atoms with van der Waals surface area (Å²) in [5, 5.41) is 4.53. The van der Waals surface area contributed by atoms with Gasteiger partial charge in [0.1, 0.15) is 6.17 Å². The van der Waals surface area contributed by atoms with Crippen molar-refractivity contribution in [3.8, 4) is 0 Å². The molecule has 1 aliphatic heterocycles. The van der Waals surface area contributed by atoms with E-state index in [2.05, 4.69) is 23.0 Å². The molecule has 2 N–H and O–H groups in total. The van der Waals surface area contributed by atoms with Crippen molar-refractivity contribution in [2.45, 2.75) is 6.17 Å². The quantitative estimate of drug-likeness (QED) is 0.700. The van der Waals surface area contributed by atoms with Crippen LogP contribution in [-0.4, -0.2) is 5.11 Å². The molecule has 0 aromatic heterocycles. The highest BCUT2D eigenvalue weighted by molar-refractivity contribution is 7.80. The molecule has 124 valence electrons. The predicted molar refractivity (Wildman–Crippen MR) is 106 cm³/mol. The highest BCUT2D eigenvalue weighted by Crippen LogP contribution is 2.25. The van der Waals surface area contributed by atoms with E-state index in [9.17, 15) is 0 Å². The van der Waals surface area contributed by atoms with Gasteiger partial charge in [-0.15, -0.1) is 0 Å². The van der Waals surface area contributed by atoms with Crippen molar-refractivity contribution in [1.29, 1.82) is 0 Å². The summed E-state index contributed by atoms with van der Waals surface area (Å²) in [4.78, 5) is 0. The first-order valence-corrected chi connectivity index (χ1v) is 8.55. The normalized spacial score (nSPS) is 15.4. The van der Waals surface area contributed by atoms with Crippen molar-refractivity contribution in [3.05, 3.63) is 96.6 Å². The molecule has 4 nitrogen and oxygen atoms in total. The van der Waals surface area contributed by atoms with Crippen LogP contribution in [0.4, 0.5) is 11.4 Å². The van der Waals surface area contributed by atoms with Crippen LogP contribution in [-0.2, 0) is 0 Å². The van der Waals surface area contributed by atoms with Gasteiger partial charge in [0.25, 0.3) is 0 Å². The Morgan fingerprint density at radius 1 is 0.600 bits per heavy atom. The van der Waals surface area contributed by atoms with Gasteiger partial charge in [0.05, 0.1) is 11.4 Å². The summed E-state index contributed by atoms with van der Waals surface area (Å²) in [5.74, 6) is 0. The zero-order chi connectivity index (χ0) is 17.1. The van der Waals surface area contributed by atoms with Crippen LogP contribution in [0.3, 0.4) is 0 Å². The Morgan fingerprint density at radius 3 is 1.44 bits per heavy atom. The van der Waals surface area contributed by atoms with Crippen molar-refractivity contribution in [1.82, 2.24) is 10.9 Å². The summed E-state index contributed by atoms with van der Waals surface area (Å²) in [7, 11) is 0. The van der Waals surface area contributed by atoms with E-state index >= 15 is 0 Å². The molecule has 4 rings (SSSR count). The molecule has 5 heteroatoms. The largest absolute Gasteiger partial charge is 0.249 e. The summed E-state index contributed by atoms with van der Waals surface area (Å²) < 4.78 is 0. The van der Waals surface area contributed by atoms with Gasteiger partial charge in [-0.05, 0) is 42.0 Å². The number of benzene rings is 3. The highest BCUT2D eigenvalue weighted by Gasteiger charge is 2.30. The van der Waals surface area contributed by atoms with Crippen LogP contribution < -0.4 is 20.9 Å². The molecule has 0 aliphatic carbocycles. The monoisotopic (exact) mass is 346 g/mol. The maximum absolute atomic E-state index is 5.74. The second-order valence-corrected chi connectivity index (χ2v) is 6.09. The number of para-hydroxylation sites is 2. The van der Waals surface area contributed by atoms with E-state index in [4.69, 9.17) is 12.2 Å². The molecular formula is C20H18N4S. The van der Waals surface area contributed by atoms with Crippen LogP contribution in [0.1, 0.15) is 11.7 Å². The minimum absolute atomic E-state index is 0.103. The van der Waals surface area contributed by atoms with Crippen molar-refractivity contribution >= 4 is 28.7 Å². The van der Waals surface area contributed by atoms with E-state index in [-0.39, 0.29) is 6.17 Å². The first-order valence-electron chi connectivity index (χ1n) is 8.14. The highest BCUT2D eigenvalue weighted by atomic mass is 32.1. The first-order chi connectivity index (χ1) is 12.3. The van der Waals surface area contributed by atoms with E-state index in [1.807, 2.05) is 88.9 Å². The Kier molecular flexibility index (Phi) is 4.43. The molecular weight excluding hydrogens is 328 g/mol. The molecule has 0 unspecified atom stereocenters. The molecule has 3 aromatic carbocycles. The van der Waals surface area contributed by atoms with Crippen LogP contribution >= 0.6 is 12.2 Å². The smallest absolute Gasteiger partial charge is 0.210 e. The number of rotatable bonds is 3. The van der Waals surface area contributed by atoms with Gasteiger partial charge in [0.15, 0.2) is 0 Å². The maximum atomic E-state index is 5.74. The lowest BCUT2D eigenvalue weighted by Crippen LogP contribution is -2.65. The fraction of sp³-hybridized carbons (Fsp3) is 0.0500.